The molecule has 3 heterocycles. The molecule has 0 atom stereocenters. The molecule has 1 aromatic heterocycles. The summed E-state index contributed by atoms with van der Waals surface area (Å²) >= 11 is 0. The maximum atomic E-state index is 13.2. The first-order valence-corrected chi connectivity index (χ1v) is 12.5. The van der Waals surface area contributed by atoms with E-state index in [4.69, 9.17) is 13.9 Å². The molecule has 2 aliphatic heterocycles. The molecule has 0 radical (unpaired) electrons. The molecule has 1 saturated heterocycles. The second-order valence-electron chi connectivity index (χ2n) is 9.47. The van der Waals surface area contributed by atoms with E-state index in [2.05, 4.69) is 10.3 Å². The molecule has 2 amide bonds. The average Bonchev–Trinajstić information content (AvgIpc) is 3.59. The molecule has 0 unspecified atom stereocenters. The first-order chi connectivity index (χ1) is 18.1. The highest BCUT2D eigenvalue weighted by molar-refractivity contribution is 5.97. The number of likely N-dealkylation sites (tertiary alicyclic amines) is 1. The summed E-state index contributed by atoms with van der Waals surface area (Å²) in [5, 5.41) is 3.00. The van der Waals surface area contributed by atoms with E-state index in [1.807, 2.05) is 59.5 Å². The van der Waals surface area contributed by atoms with E-state index >= 15 is 0 Å². The number of fused-ring (bicyclic) bond motifs is 2. The van der Waals surface area contributed by atoms with E-state index in [1.54, 1.807) is 12.1 Å². The molecule has 0 spiro atoms. The summed E-state index contributed by atoms with van der Waals surface area (Å²) in [5.74, 6) is 2.23. The zero-order valence-corrected chi connectivity index (χ0v) is 20.3. The van der Waals surface area contributed by atoms with Crippen LogP contribution >= 0.6 is 0 Å². The highest BCUT2D eigenvalue weighted by atomic mass is 16.7. The molecule has 0 aliphatic carbocycles. The largest absolute Gasteiger partial charge is 0.454 e. The highest BCUT2D eigenvalue weighted by Gasteiger charge is 2.26. The first kappa shape index (κ1) is 23.1. The molecule has 8 heteroatoms. The van der Waals surface area contributed by atoms with Crippen molar-refractivity contribution >= 4 is 22.9 Å². The summed E-state index contributed by atoms with van der Waals surface area (Å²) in [4.78, 5) is 32.1. The second kappa shape index (κ2) is 9.97. The Morgan fingerprint density at radius 1 is 0.946 bits per heavy atom. The molecule has 6 rings (SSSR count). The average molecular weight is 498 g/mol. The van der Waals surface area contributed by atoms with Crippen LogP contribution in [0, 0.1) is 5.92 Å². The number of oxazole rings is 1. The molecule has 188 valence electrons. The van der Waals surface area contributed by atoms with Gasteiger partial charge in [-0.2, -0.15) is 0 Å². The Morgan fingerprint density at radius 3 is 2.59 bits per heavy atom. The van der Waals surface area contributed by atoms with Crippen molar-refractivity contribution in [3.63, 3.8) is 0 Å². The molecule has 37 heavy (non-hydrogen) atoms. The number of benzene rings is 3. The van der Waals surface area contributed by atoms with E-state index < -0.39 is 0 Å². The fraction of sp³-hybridized carbons (Fsp3) is 0.276. The molecule has 3 aromatic carbocycles. The summed E-state index contributed by atoms with van der Waals surface area (Å²) in [5.41, 5.74) is 3.77. The van der Waals surface area contributed by atoms with Crippen molar-refractivity contribution in [1.82, 2.24) is 15.2 Å². The van der Waals surface area contributed by atoms with Crippen LogP contribution in [0.3, 0.4) is 0 Å². The van der Waals surface area contributed by atoms with Gasteiger partial charge in [0.25, 0.3) is 5.91 Å². The molecule has 1 N–H and O–H groups in total. The lowest BCUT2D eigenvalue weighted by molar-refractivity contribution is -0.122. The number of hydrogen-bond donors (Lipinski definition) is 1. The van der Waals surface area contributed by atoms with Gasteiger partial charge >= 0.3 is 0 Å². The lowest BCUT2D eigenvalue weighted by Gasteiger charge is -2.31. The molecule has 0 saturated carbocycles. The summed E-state index contributed by atoms with van der Waals surface area (Å²) in [6.07, 6.45) is 2.05. The third-order valence-corrected chi connectivity index (χ3v) is 6.96. The highest BCUT2D eigenvalue weighted by Crippen LogP contribution is 2.32. The minimum absolute atomic E-state index is 0.0208. The van der Waals surface area contributed by atoms with Crippen LogP contribution in [0.1, 0.15) is 35.2 Å². The van der Waals surface area contributed by atoms with E-state index in [0.717, 1.165) is 35.2 Å². The quantitative estimate of drug-likeness (QED) is 0.412. The Bertz CT molecular complexity index is 1440. The SMILES string of the molecule is O=C(CC1CCN(C(=O)c2ccc3nc(-c4ccccc4)oc3c2)CC1)NCc1ccc2c(c1)OCO2. The lowest BCUT2D eigenvalue weighted by atomic mass is 9.92. The minimum atomic E-state index is -0.0229. The van der Waals surface area contributed by atoms with Gasteiger partial charge in [-0.05, 0) is 66.8 Å². The van der Waals surface area contributed by atoms with Gasteiger partial charge in [-0.25, -0.2) is 4.98 Å². The van der Waals surface area contributed by atoms with Crippen molar-refractivity contribution in [3.05, 3.63) is 77.9 Å². The van der Waals surface area contributed by atoms with Gasteiger partial charge < -0.3 is 24.1 Å². The Hall–Kier alpha value is -4.33. The number of nitrogens with one attached hydrogen (secondary N) is 1. The smallest absolute Gasteiger partial charge is 0.253 e. The van der Waals surface area contributed by atoms with Crippen molar-refractivity contribution in [2.24, 2.45) is 5.92 Å². The van der Waals surface area contributed by atoms with Gasteiger partial charge in [0, 0.05) is 37.2 Å². The maximum Gasteiger partial charge on any atom is 0.253 e. The number of nitrogens with zero attached hydrogens (tertiary/aromatic N) is 2. The first-order valence-electron chi connectivity index (χ1n) is 12.5. The Labute approximate surface area is 214 Å². The van der Waals surface area contributed by atoms with Crippen molar-refractivity contribution in [2.45, 2.75) is 25.8 Å². The van der Waals surface area contributed by atoms with Crippen LogP contribution in [-0.4, -0.2) is 41.6 Å². The molecule has 2 aliphatic rings. The van der Waals surface area contributed by atoms with Gasteiger partial charge in [-0.1, -0.05) is 24.3 Å². The van der Waals surface area contributed by atoms with Crippen LogP contribution in [0.4, 0.5) is 0 Å². The topological polar surface area (TPSA) is 93.9 Å². The minimum Gasteiger partial charge on any atom is -0.454 e. The molecular formula is C29H27N3O5. The molecular weight excluding hydrogens is 470 g/mol. The molecule has 4 aromatic rings. The van der Waals surface area contributed by atoms with E-state index in [0.29, 0.717) is 48.8 Å². The maximum absolute atomic E-state index is 13.2. The summed E-state index contributed by atoms with van der Waals surface area (Å²) in [7, 11) is 0. The van der Waals surface area contributed by atoms with Crippen molar-refractivity contribution in [1.29, 1.82) is 0 Å². The van der Waals surface area contributed by atoms with Crippen molar-refractivity contribution in [3.8, 4) is 23.0 Å². The van der Waals surface area contributed by atoms with Crippen molar-refractivity contribution < 1.29 is 23.5 Å². The van der Waals surface area contributed by atoms with Crippen LogP contribution in [0.5, 0.6) is 11.5 Å². The zero-order chi connectivity index (χ0) is 25.2. The number of ether oxygens (including phenoxy) is 2. The molecule has 0 bridgehead atoms. The third-order valence-electron chi connectivity index (χ3n) is 6.96. The number of hydrogen-bond acceptors (Lipinski definition) is 6. The number of amides is 2. The fourth-order valence-corrected chi connectivity index (χ4v) is 4.87. The van der Waals surface area contributed by atoms with Gasteiger partial charge in [0.1, 0.15) is 5.52 Å². The number of rotatable bonds is 6. The van der Waals surface area contributed by atoms with Gasteiger partial charge in [0.15, 0.2) is 17.1 Å². The Kier molecular flexibility index (Phi) is 6.22. The van der Waals surface area contributed by atoms with Gasteiger partial charge in [0.05, 0.1) is 0 Å². The molecule has 1 fully saturated rings. The zero-order valence-electron chi connectivity index (χ0n) is 20.3. The third kappa shape index (κ3) is 5.00. The standard InChI is InChI=1S/C29H27N3O5/c33-27(30-17-20-6-9-24-26(14-20)36-18-35-24)15-19-10-12-32(13-11-19)29(34)22-7-8-23-25(16-22)37-28(31-23)21-4-2-1-3-5-21/h1-9,14,16,19H,10-13,15,17-18H2,(H,30,33). The monoisotopic (exact) mass is 497 g/mol. The van der Waals surface area contributed by atoms with E-state index in [9.17, 15) is 9.59 Å². The number of carbonyl (C=O) groups excluding carboxylic acids is 2. The fourth-order valence-electron chi connectivity index (χ4n) is 4.87. The van der Waals surface area contributed by atoms with Crippen LogP contribution in [0.15, 0.2) is 71.1 Å². The van der Waals surface area contributed by atoms with Crippen LogP contribution in [0.25, 0.3) is 22.6 Å². The number of piperidine rings is 1. The summed E-state index contributed by atoms with van der Waals surface area (Å²) in [6, 6.07) is 20.8. The number of carbonyl (C=O) groups is 2. The summed E-state index contributed by atoms with van der Waals surface area (Å²) in [6.45, 7) is 1.93. The van der Waals surface area contributed by atoms with Crippen LogP contribution in [0.2, 0.25) is 0 Å². The van der Waals surface area contributed by atoms with Gasteiger partial charge in [-0.15, -0.1) is 0 Å². The Balaban J connectivity index is 1.01. The lowest BCUT2D eigenvalue weighted by Crippen LogP contribution is -2.39. The predicted molar refractivity (Wildman–Crippen MR) is 137 cm³/mol. The molecule has 8 nitrogen and oxygen atoms in total. The van der Waals surface area contributed by atoms with Gasteiger partial charge in [-0.3, -0.25) is 9.59 Å². The van der Waals surface area contributed by atoms with Crippen LogP contribution < -0.4 is 14.8 Å². The van der Waals surface area contributed by atoms with Gasteiger partial charge in [0.2, 0.25) is 18.6 Å². The Morgan fingerprint density at radius 2 is 1.76 bits per heavy atom. The van der Waals surface area contributed by atoms with Crippen LogP contribution in [-0.2, 0) is 11.3 Å². The van der Waals surface area contributed by atoms with E-state index in [-0.39, 0.29) is 24.5 Å². The summed E-state index contributed by atoms with van der Waals surface area (Å²) < 4.78 is 16.6. The van der Waals surface area contributed by atoms with Crippen molar-refractivity contribution in [2.75, 3.05) is 19.9 Å². The van der Waals surface area contributed by atoms with E-state index in [1.165, 1.54) is 0 Å². The normalized spacial score (nSPS) is 15.2. The second-order valence-corrected chi connectivity index (χ2v) is 9.47. The predicted octanol–water partition coefficient (Wildman–Crippen LogP) is 4.78. The number of aromatic nitrogens is 1.